The molecule has 74 valence electrons. The fourth-order valence-electron chi connectivity index (χ4n) is 1.58. The lowest BCUT2D eigenvalue weighted by molar-refractivity contribution is -0.104. The smallest absolute Gasteiger partial charge is 0.144 e. The number of fused-ring (bicyclic) bond motifs is 1. The number of allylic oxidation sites excluding steroid dienone is 1. The summed E-state index contributed by atoms with van der Waals surface area (Å²) in [6.07, 6.45) is 2.06. The topological polar surface area (TPSA) is 17.1 Å². The van der Waals surface area contributed by atoms with E-state index in [1.807, 2.05) is 42.5 Å². The highest BCUT2D eigenvalue weighted by atomic mass is 35.5. The highest BCUT2D eigenvalue weighted by Gasteiger charge is 2.02. The van der Waals surface area contributed by atoms with Crippen LogP contribution in [0.3, 0.4) is 0 Å². The molecule has 0 atom stereocenters. The third kappa shape index (κ3) is 1.92. The van der Waals surface area contributed by atoms with E-state index in [0.717, 1.165) is 16.3 Å². The lowest BCUT2D eigenvalue weighted by Crippen LogP contribution is -1.81. The van der Waals surface area contributed by atoms with Gasteiger partial charge in [0.05, 0.1) is 5.03 Å². The number of halogens is 1. The molecule has 0 aromatic heterocycles. The molecule has 2 aromatic carbocycles. The molecule has 0 aliphatic rings. The van der Waals surface area contributed by atoms with E-state index in [1.54, 1.807) is 0 Å². The molecule has 15 heavy (non-hydrogen) atoms. The minimum absolute atomic E-state index is 0.474. The molecule has 0 aliphatic carbocycles. The molecule has 2 heteroatoms. The highest BCUT2D eigenvalue weighted by Crippen LogP contribution is 2.26. The highest BCUT2D eigenvalue weighted by molar-refractivity contribution is 6.50. The fraction of sp³-hybridized carbons (Fsp3) is 0. The molecule has 0 radical (unpaired) electrons. The first-order valence-corrected chi connectivity index (χ1v) is 5.00. The van der Waals surface area contributed by atoms with Crippen molar-refractivity contribution < 1.29 is 4.79 Å². The van der Waals surface area contributed by atoms with Gasteiger partial charge in [-0.2, -0.15) is 0 Å². The summed E-state index contributed by atoms with van der Waals surface area (Å²) < 4.78 is 0. The summed E-state index contributed by atoms with van der Waals surface area (Å²) in [6, 6.07) is 13.8. The van der Waals surface area contributed by atoms with Crippen LogP contribution in [0.1, 0.15) is 5.56 Å². The lowest BCUT2D eigenvalue weighted by atomic mass is 10.0. The summed E-state index contributed by atoms with van der Waals surface area (Å²) in [6.45, 7) is 0. The van der Waals surface area contributed by atoms with Gasteiger partial charge in [0.15, 0.2) is 0 Å². The third-order valence-corrected chi connectivity index (χ3v) is 2.59. The molecule has 1 nitrogen and oxygen atoms in total. The zero-order valence-corrected chi connectivity index (χ0v) is 8.74. The minimum atomic E-state index is 0.474. The summed E-state index contributed by atoms with van der Waals surface area (Å²) in [5, 5.41) is 2.65. The van der Waals surface area contributed by atoms with E-state index in [9.17, 15) is 4.79 Å². The maximum Gasteiger partial charge on any atom is 0.144 e. The average molecular weight is 217 g/mol. The van der Waals surface area contributed by atoms with Crippen molar-refractivity contribution >= 4 is 33.7 Å². The Labute approximate surface area is 93.0 Å². The Bertz CT molecular complexity index is 524. The van der Waals surface area contributed by atoms with Crippen LogP contribution in [0, 0.1) is 0 Å². The van der Waals surface area contributed by atoms with Crippen molar-refractivity contribution in [3.8, 4) is 0 Å². The monoisotopic (exact) mass is 216 g/mol. The van der Waals surface area contributed by atoms with Crippen molar-refractivity contribution in [3.05, 3.63) is 54.1 Å². The molecular weight excluding hydrogens is 208 g/mol. The zero-order valence-electron chi connectivity index (χ0n) is 7.98. The van der Waals surface area contributed by atoms with Gasteiger partial charge in [-0.1, -0.05) is 54.1 Å². The van der Waals surface area contributed by atoms with E-state index in [1.165, 1.54) is 6.08 Å². The molecule has 0 unspecified atom stereocenters. The second-order valence-corrected chi connectivity index (χ2v) is 3.58. The molecule has 0 spiro atoms. The van der Waals surface area contributed by atoms with Crippen LogP contribution in [-0.4, -0.2) is 6.29 Å². The molecule has 0 saturated heterocycles. The van der Waals surface area contributed by atoms with Crippen molar-refractivity contribution in [3.63, 3.8) is 0 Å². The molecule has 0 fully saturated rings. The molecule has 0 aliphatic heterocycles. The van der Waals surface area contributed by atoms with Gasteiger partial charge in [-0.05, 0) is 16.8 Å². The van der Waals surface area contributed by atoms with E-state index in [2.05, 4.69) is 0 Å². The first-order valence-electron chi connectivity index (χ1n) is 4.62. The molecule has 0 amide bonds. The van der Waals surface area contributed by atoms with Gasteiger partial charge >= 0.3 is 0 Å². The largest absolute Gasteiger partial charge is 0.299 e. The summed E-state index contributed by atoms with van der Waals surface area (Å²) in [4.78, 5) is 10.4. The van der Waals surface area contributed by atoms with Gasteiger partial charge in [-0.15, -0.1) is 0 Å². The van der Waals surface area contributed by atoms with Gasteiger partial charge in [0.25, 0.3) is 0 Å². The number of aldehydes is 1. The van der Waals surface area contributed by atoms with Gasteiger partial charge in [0.1, 0.15) is 6.29 Å². The van der Waals surface area contributed by atoms with E-state index in [0.29, 0.717) is 11.3 Å². The van der Waals surface area contributed by atoms with Gasteiger partial charge in [-0.3, -0.25) is 4.79 Å². The standard InChI is InChI=1S/C13H9ClO/c14-13(8-9-15)12-7-3-5-10-4-1-2-6-11(10)12/h1-9H/b13-8+. The Morgan fingerprint density at radius 1 is 1.07 bits per heavy atom. The fourth-order valence-corrected chi connectivity index (χ4v) is 1.80. The zero-order chi connectivity index (χ0) is 10.7. The quantitative estimate of drug-likeness (QED) is 0.554. The maximum absolute atomic E-state index is 10.4. The molecule has 0 heterocycles. The number of benzene rings is 2. The van der Waals surface area contributed by atoms with Gasteiger partial charge in [0, 0.05) is 5.56 Å². The van der Waals surface area contributed by atoms with Crippen molar-refractivity contribution in [2.24, 2.45) is 0 Å². The Kier molecular flexibility index (Phi) is 2.84. The van der Waals surface area contributed by atoms with Gasteiger partial charge in [0.2, 0.25) is 0 Å². The summed E-state index contributed by atoms with van der Waals surface area (Å²) in [5.41, 5.74) is 0.891. The first-order chi connectivity index (χ1) is 7.33. The summed E-state index contributed by atoms with van der Waals surface area (Å²) >= 11 is 6.02. The number of hydrogen-bond acceptors (Lipinski definition) is 1. The van der Waals surface area contributed by atoms with Crippen molar-refractivity contribution in [1.29, 1.82) is 0 Å². The van der Waals surface area contributed by atoms with Crippen LogP contribution in [0.15, 0.2) is 48.5 Å². The Morgan fingerprint density at radius 3 is 2.60 bits per heavy atom. The third-order valence-electron chi connectivity index (χ3n) is 2.26. The Hall–Kier alpha value is -1.60. The average Bonchev–Trinajstić information content (AvgIpc) is 2.28. The van der Waals surface area contributed by atoms with Crippen LogP contribution in [0.5, 0.6) is 0 Å². The molecule has 0 N–H and O–H groups in total. The van der Waals surface area contributed by atoms with Crippen LogP contribution in [-0.2, 0) is 4.79 Å². The number of hydrogen-bond donors (Lipinski definition) is 0. The first kappa shape index (κ1) is 9.94. The summed E-state index contributed by atoms with van der Waals surface area (Å²) in [5.74, 6) is 0. The normalized spacial score (nSPS) is 11.7. The van der Waals surface area contributed by atoms with E-state index < -0.39 is 0 Å². The van der Waals surface area contributed by atoms with Crippen LogP contribution in [0.25, 0.3) is 15.8 Å². The van der Waals surface area contributed by atoms with Gasteiger partial charge < -0.3 is 0 Å². The number of carbonyl (C=O) groups is 1. The Balaban J connectivity index is 2.71. The molecule has 2 rings (SSSR count). The molecule has 2 aromatic rings. The second kappa shape index (κ2) is 4.28. The van der Waals surface area contributed by atoms with Gasteiger partial charge in [-0.25, -0.2) is 0 Å². The summed E-state index contributed by atoms with van der Waals surface area (Å²) in [7, 11) is 0. The van der Waals surface area contributed by atoms with Crippen LogP contribution in [0.4, 0.5) is 0 Å². The minimum Gasteiger partial charge on any atom is -0.299 e. The second-order valence-electron chi connectivity index (χ2n) is 3.18. The predicted molar refractivity (Wildman–Crippen MR) is 63.8 cm³/mol. The van der Waals surface area contributed by atoms with Crippen molar-refractivity contribution in [1.82, 2.24) is 0 Å². The number of rotatable bonds is 2. The Morgan fingerprint density at radius 2 is 1.80 bits per heavy atom. The molecule has 0 saturated carbocycles. The lowest BCUT2D eigenvalue weighted by Gasteiger charge is -2.04. The molecular formula is C13H9ClO. The van der Waals surface area contributed by atoms with E-state index >= 15 is 0 Å². The SMILES string of the molecule is O=C/C=C(/Cl)c1cccc2ccccc12. The maximum atomic E-state index is 10.4. The van der Waals surface area contributed by atoms with Crippen LogP contribution in [0.2, 0.25) is 0 Å². The molecule has 0 bridgehead atoms. The number of carbonyl (C=O) groups excluding carboxylic acids is 1. The van der Waals surface area contributed by atoms with Crippen molar-refractivity contribution in [2.45, 2.75) is 0 Å². The predicted octanol–water partition coefficient (Wildman–Crippen LogP) is 3.62. The van der Waals surface area contributed by atoms with Crippen LogP contribution >= 0.6 is 11.6 Å². The van der Waals surface area contributed by atoms with Crippen LogP contribution < -0.4 is 0 Å². The van der Waals surface area contributed by atoms with E-state index in [-0.39, 0.29) is 0 Å². The van der Waals surface area contributed by atoms with Crippen molar-refractivity contribution in [2.75, 3.05) is 0 Å². The van der Waals surface area contributed by atoms with E-state index in [4.69, 9.17) is 11.6 Å².